The minimum atomic E-state index is -3.54. The van der Waals surface area contributed by atoms with Crippen LogP contribution in [0.1, 0.15) is 55.0 Å². The SMILES string of the molecule is Cc1ccc(C)c(S(=O)(=O)NC(C)c2ccc(C(C)C)cc2)c1. The van der Waals surface area contributed by atoms with E-state index < -0.39 is 10.0 Å². The molecule has 0 bridgehead atoms. The van der Waals surface area contributed by atoms with E-state index in [4.69, 9.17) is 0 Å². The number of benzene rings is 2. The second kappa shape index (κ2) is 6.85. The predicted octanol–water partition coefficient (Wildman–Crippen LogP) is 4.47. The second-order valence-electron chi connectivity index (χ2n) is 6.43. The van der Waals surface area contributed by atoms with Crippen molar-refractivity contribution < 1.29 is 8.42 Å². The highest BCUT2D eigenvalue weighted by Gasteiger charge is 2.20. The Bertz CT molecular complexity index is 778. The number of hydrogen-bond acceptors (Lipinski definition) is 2. The van der Waals surface area contributed by atoms with Crippen LogP contribution in [0.3, 0.4) is 0 Å². The molecule has 2 aromatic rings. The summed E-state index contributed by atoms with van der Waals surface area (Å²) in [7, 11) is -3.54. The molecule has 2 aromatic carbocycles. The number of nitrogens with one attached hydrogen (secondary N) is 1. The van der Waals surface area contributed by atoms with Gasteiger partial charge in [0.1, 0.15) is 0 Å². The monoisotopic (exact) mass is 331 g/mol. The number of hydrogen-bond donors (Lipinski definition) is 1. The highest BCUT2D eigenvalue weighted by Crippen LogP contribution is 2.22. The molecule has 2 rings (SSSR count). The average Bonchev–Trinajstić information content (AvgIpc) is 2.49. The van der Waals surface area contributed by atoms with Crippen molar-refractivity contribution in [3.63, 3.8) is 0 Å². The van der Waals surface area contributed by atoms with E-state index in [-0.39, 0.29) is 6.04 Å². The zero-order valence-electron chi connectivity index (χ0n) is 14.4. The maximum Gasteiger partial charge on any atom is 0.241 e. The molecule has 1 N–H and O–H groups in total. The van der Waals surface area contributed by atoms with E-state index in [2.05, 4.69) is 30.7 Å². The third-order valence-corrected chi connectivity index (χ3v) is 5.75. The van der Waals surface area contributed by atoms with Gasteiger partial charge in [-0.25, -0.2) is 13.1 Å². The molecule has 0 spiro atoms. The van der Waals surface area contributed by atoms with Crippen molar-refractivity contribution in [2.75, 3.05) is 0 Å². The fourth-order valence-corrected chi connectivity index (χ4v) is 4.09. The van der Waals surface area contributed by atoms with Crippen LogP contribution in [0.4, 0.5) is 0 Å². The van der Waals surface area contributed by atoms with Crippen molar-refractivity contribution in [2.45, 2.75) is 51.5 Å². The van der Waals surface area contributed by atoms with E-state index in [1.165, 1.54) is 5.56 Å². The Hall–Kier alpha value is -1.65. The van der Waals surface area contributed by atoms with Gasteiger partial charge in [-0.1, -0.05) is 50.2 Å². The van der Waals surface area contributed by atoms with Gasteiger partial charge in [0.15, 0.2) is 0 Å². The lowest BCUT2D eigenvalue weighted by atomic mass is 10.00. The van der Waals surface area contributed by atoms with Crippen molar-refractivity contribution in [3.05, 3.63) is 64.7 Å². The van der Waals surface area contributed by atoms with Crippen molar-refractivity contribution in [2.24, 2.45) is 0 Å². The molecule has 0 radical (unpaired) electrons. The highest BCUT2D eigenvalue weighted by atomic mass is 32.2. The predicted molar refractivity (Wildman–Crippen MR) is 95.2 cm³/mol. The average molecular weight is 331 g/mol. The molecular formula is C19H25NO2S. The zero-order chi connectivity index (χ0) is 17.2. The highest BCUT2D eigenvalue weighted by molar-refractivity contribution is 7.89. The summed E-state index contributed by atoms with van der Waals surface area (Å²) >= 11 is 0. The van der Waals surface area contributed by atoms with Gasteiger partial charge >= 0.3 is 0 Å². The topological polar surface area (TPSA) is 46.2 Å². The maximum absolute atomic E-state index is 12.7. The smallest absolute Gasteiger partial charge is 0.207 e. The zero-order valence-corrected chi connectivity index (χ0v) is 15.2. The lowest BCUT2D eigenvalue weighted by molar-refractivity contribution is 0.566. The Morgan fingerprint density at radius 1 is 0.870 bits per heavy atom. The molecule has 0 aromatic heterocycles. The molecule has 0 fully saturated rings. The molecule has 0 amide bonds. The fourth-order valence-electron chi connectivity index (χ4n) is 2.53. The van der Waals surface area contributed by atoms with Crippen LogP contribution in [-0.2, 0) is 10.0 Å². The molecule has 4 heteroatoms. The van der Waals surface area contributed by atoms with Gasteiger partial charge < -0.3 is 0 Å². The molecule has 1 atom stereocenters. The lowest BCUT2D eigenvalue weighted by Crippen LogP contribution is -2.27. The molecule has 0 saturated carbocycles. The summed E-state index contributed by atoms with van der Waals surface area (Å²) in [5.74, 6) is 0.464. The Morgan fingerprint density at radius 2 is 1.43 bits per heavy atom. The molecule has 0 aliphatic heterocycles. The standard InChI is InChI=1S/C19H25NO2S/c1-13(2)17-8-10-18(11-9-17)16(5)20-23(21,22)19-12-14(3)6-7-15(19)4/h6-13,16,20H,1-5H3. The summed E-state index contributed by atoms with van der Waals surface area (Å²) in [4.78, 5) is 0.350. The van der Waals surface area contributed by atoms with Crippen molar-refractivity contribution in [1.82, 2.24) is 4.72 Å². The number of sulfonamides is 1. The van der Waals surface area contributed by atoms with E-state index in [9.17, 15) is 8.42 Å². The Kier molecular flexibility index (Phi) is 5.27. The van der Waals surface area contributed by atoms with Crippen molar-refractivity contribution >= 4 is 10.0 Å². The van der Waals surface area contributed by atoms with Gasteiger partial charge in [-0.3, -0.25) is 0 Å². The minimum Gasteiger partial charge on any atom is -0.207 e. The first kappa shape index (κ1) is 17.7. The van der Waals surface area contributed by atoms with E-state index in [0.717, 1.165) is 16.7 Å². The normalized spacial score (nSPS) is 13.3. The van der Waals surface area contributed by atoms with Crippen LogP contribution < -0.4 is 4.72 Å². The van der Waals surface area contributed by atoms with Gasteiger partial charge in [-0.2, -0.15) is 0 Å². The first-order chi connectivity index (χ1) is 10.7. The number of rotatable bonds is 5. The molecular weight excluding hydrogens is 306 g/mol. The molecule has 3 nitrogen and oxygen atoms in total. The van der Waals surface area contributed by atoms with E-state index >= 15 is 0 Å². The largest absolute Gasteiger partial charge is 0.241 e. The van der Waals surface area contributed by atoms with Crippen LogP contribution in [0.15, 0.2) is 47.4 Å². The third kappa shape index (κ3) is 4.21. The van der Waals surface area contributed by atoms with Crippen LogP contribution in [0.2, 0.25) is 0 Å². The van der Waals surface area contributed by atoms with Crippen LogP contribution in [0.5, 0.6) is 0 Å². The molecule has 124 valence electrons. The van der Waals surface area contributed by atoms with Gasteiger partial charge in [0, 0.05) is 6.04 Å². The summed E-state index contributed by atoms with van der Waals surface area (Å²) in [5.41, 5.74) is 3.90. The molecule has 0 heterocycles. The van der Waals surface area contributed by atoms with Crippen molar-refractivity contribution in [1.29, 1.82) is 0 Å². The van der Waals surface area contributed by atoms with Crippen LogP contribution in [0.25, 0.3) is 0 Å². The van der Waals surface area contributed by atoms with Gasteiger partial charge in [0.25, 0.3) is 0 Å². The third-order valence-electron chi connectivity index (χ3n) is 4.07. The second-order valence-corrected chi connectivity index (χ2v) is 8.12. The summed E-state index contributed by atoms with van der Waals surface area (Å²) in [6.07, 6.45) is 0. The summed E-state index contributed by atoms with van der Waals surface area (Å²) in [6.45, 7) is 9.86. The van der Waals surface area contributed by atoms with Crippen molar-refractivity contribution in [3.8, 4) is 0 Å². The molecule has 0 saturated heterocycles. The van der Waals surface area contributed by atoms with E-state index in [1.807, 2.05) is 45.0 Å². The van der Waals surface area contributed by atoms with E-state index in [1.54, 1.807) is 6.07 Å². The van der Waals surface area contributed by atoms with Crippen LogP contribution in [-0.4, -0.2) is 8.42 Å². The van der Waals surface area contributed by atoms with Crippen LogP contribution >= 0.6 is 0 Å². The number of aryl methyl sites for hydroxylation is 2. The molecule has 23 heavy (non-hydrogen) atoms. The molecule has 0 aliphatic carbocycles. The van der Waals surface area contributed by atoms with Gasteiger partial charge in [-0.05, 0) is 55.0 Å². The Morgan fingerprint density at radius 3 is 2.00 bits per heavy atom. The summed E-state index contributed by atoms with van der Waals surface area (Å²) in [5, 5.41) is 0. The molecule has 1 unspecified atom stereocenters. The first-order valence-electron chi connectivity index (χ1n) is 7.90. The van der Waals surface area contributed by atoms with Crippen LogP contribution in [0, 0.1) is 13.8 Å². The lowest BCUT2D eigenvalue weighted by Gasteiger charge is -2.17. The Balaban J connectivity index is 2.24. The van der Waals surface area contributed by atoms with Gasteiger partial charge in [0.05, 0.1) is 4.90 Å². The van der Waals surface area contributed by atoms with Gasteiger partial charge in [-0.15, -0.1) is 0 Å². The summed E-state index contributed by atoms with van der Waals surface area (Å²) < 4.78 is 28.1. The Labute approximate surface area is 139 Å². The van der Waals surface area contributed by atoms with Gasteiger partial charge in [0.2, 0.25) is 10.0 Å². The maximum atomic E-state index is 12.7. The quantitative estimate of drug-likeness (QED) is 0.879. The minimum absolute atomic E-state index is 0.277. The fraction of sp³-hybridized carbons (Fsp3) is 0.368. The molecule has 0 aliphatic rings. The van der Waals surface area contributed by atoms with E-state index in [0.29, 0.717) is 10.8 Å². The first-order valence-corrected chi connectivity index (χ1v) is 9.38. The summed E-state index contributed by atoms with van der Waals surface area (Å²) in [6, 6.07) is 13.3.